The van der Waals surface area contributed by atoms with Crippen molar-refractivity contribution in [2.75, 3.05) is 12.4 Å². The van der Waals surface area contributed by atoms with Crippen molar-refractivity contribution in [3.8, 4) is 0 Å². The molecule has 0 radical (unpaired) electrons. The molecule has 17 heavy (non-hydrogen) atoms. The number of halogens is 1. The summed E-state index contributed by atoms with van der Waals surface area (Å²) in [5, 5.41) is 3.57. The minimum atomic E-state index is 0.637. The SMILES string of the molecule is CCCCCCCCCCNC(C)CCCCl. The van der Waals surface area contributed by atoms with Crippen LogP contribution in [0.25, 0.3) is 0 Å². The first-order valence-corrected chi connectivity index (χ1v) is 8.14. The largest absolute Gasteiger partial charge is 0.314 e. The first-order valence-electron chi connectivity index (χ1n) is 7.60. The lowest BCUT2D eigenvalue weighted by Gasteiger charge is -2.12. The molecule has 0 aliphatic carbocycles. The van der Waals surface area contributed by atoms with Gasteiger partial charge in [-0.2, -0.15) is 0 Å². The zero-order chi connectivity index (χ0) is 12.8. The van der Waals surface area contributed by atoms with Crippen LogP contribution < -0.4 is 5.32 Å². The van der Waals surface area contributed by atoms with Crippen LogP contribution >= 0.6 is 11.6 Å². The van der Waals surface area contributed by atoms with E-state index in [4.69, 9.17) is 11.6 Å². The van der Waals surface area contributed by atoms with E-state index < -0.39 is 0 Å². The average Bonchev–Trinajstić information content (AvgIpc) is 2.34. The van der Waals surface area contributed by atoms with Gasteiger partial charge in [0.15, 0.2) is 0 Å². The number of nitrogens with one attached hydrogen (secondary N) is 1. The molecule has 1 atom stereocenters. The van der Waals surface area contributed by atoms with Crippen molar-refractivity contribution in [2.24, 2.45) is 0 Å². The molecule has 0 amide bonds. The quantitative estimate of drug-likeness (QED) is 0.358. The molecule has 0 rings (SSSR count). The van der Waals surface area contributed by atoms with Crippen molar-refractivity contribution in [3.05, 3.63) is 0 Å². The maximum absolute atomic E-state index is 5.67. The van der Waals surface area contributed by atoms with Crippen molar-refractivity contribution < 1.29 is 0 Å². The first kappa shape index (κ1) is 17.2. The van der Waals surface area contributed by atoms with E-state index in [1.807, 2.05) is 0 Å². The third kappa shape index (κ3) is 14.2. The Labute approximate surface area is 114 Å². The Morgan fingerprint density at radius 1 is 0.882 bits per heavy atom. The van der Waals surface area contributed by atoms with Crippen LogP contribution in [0.2, 0.25) is 0 Å². The molecular formula is C15H32ClN. The number of hydrogen-bond acceptors (Lipinski definition) is 1. The molecule has 0 fully saturated rings. The maximum atomic E-state index is 5.67. The van der Waals surface area contributed by atoms with E-state index in [0.29, 0.717) is 6.04 Å². The Kier molecular flexibility index (Phi) is 14.5. The summed E-state index contributed by atoms with van der Waals surface area (Å²) >= 11 is 5.67. The fourth-order valence-electron chi connectivity index (χ4n) is 2.09. The molecule has 104 valence electrons. The number of rotatable bonds is 13. The first-order chi connectivity index (χ1) is 8.31. The highest BCUT2D eigenvalue weighted by molar-refractivity contribution is 6.17. The summed E-state index contributed by atoms with van der Waals surface area (Å²) in [6, 6.07) is 0.637. The van der Waals surface area contributed by atoms with Gasteiger partial charge in [0.1, 0.15) is 0 Å². The van der Waals surface area contributed by atoms with Crippen LogP contribution in [0.1, 0.15) is 78.1 Å². The Balaban J connectivity index is 3.02. The van der Waals surface area contributed by atoms with E-state index in [9.17, 15) is 0 Å². The Hall–Kier alpha value is 0.250. The minimum Gasteiger partial charge on any atom is -0.314 e. The topological polar surface area (TPSA) is 12.0 Å². The molecule has 0 aliphatic heterocycles. The Bertz CT molecular complexity index is 139. The lowest BCUT2D eigenvalue weighted by atomic mass is 10.1. The van der Waals surface area contributed by atoms with Gasteiger partial charge < -0.3 is 5.32 Å². The van der Waals surface area contributed by atoms with Crippen LogP contribution in [0.5, 0.6) is 0 Å². The second kappa shape index (κ2) is 14.3. The highest BCUT2D eigenvalue weighted by Gasteiger charge is 1.99. The molecule has 0 aromatic heterocycles. The molecular weight excluding hydrogens is 230 g/mol. The molecule has 0 spiro atoms. The zero-order valence-corrected chi connectivity index (χ0v) is 12.7. The summed E-state index contributed by atoms with van der Waals surface area (Å²) < 4.78 is 0. The molecule has 1 N–H and O–H groups in total. The van der Waals surface area contributed by atoms with Crippen LogP contribution in [0.15, 0.2) is 0 Å². The smallest absolute Gasteiger partial charge is 0.0224 e. The Morgan fingerprint density at radius 3 is 2.06 bits per heavy atom. The summed E-state index contributed by atoms with van der Waals surface area (Å²) in [4.78, 5) is 0. The van der Waals surface area contributed by atoms with Gasteiger partial charge >= 0.3 is 0 Å². The van der Waals surface area contributed by atoms with E-state index in [1.165, 1.54) is 64.3 Å². The molecule has 2 heteroatoms. The van der Waals surface area contributed by atoms with Crippen LogP contribution in [0.4, 0.5) is 0 Å². The maximum Gasteiger partial charge on any atom is 0.0224 e. The fraction of sp³-hybridized carbons (Fsp3) is 1.00. The third-order valence-corrected chi connectivity index (χ3v) is 3.56. The van der Waals surface area contributed by atoms with Gasteiger partial charge in [0.2, 0.25) is 0 Å². The Morgan fingerprint density at radius 2 is 1.47 bits per heavy atom. The van der Waals surface area contributed by atoms with Crippen LogP contribution in [0, 0.1) is 0 Å². The lowest BCUT2D eigenvalue weighted by molar-refractivity contribution is 0.486. The summed E-state index contributed by atoms with van der Waals surface area (Å²) in [5.74, 6) is 0.795. The summed E-state index contributed by atoms with van der Waals surface area (Å²) in [5.41, 5.74) is 0. The van der Waals surface area contributed by atoms with Gasteiger partial charge in [-0.1, -0.05) is 51.9 Å². The number of alkyl halides is 1. The molecule has 1 nitrogen and oxygen atoms in total. The van der Waals surface area contributed by atoms with Gasteiger partial charge in [0.25, 0.3) is 0 Å². The third-order valence-electron chi connectivity index (χ3n) is 3.29. The normalized spacial score (nSPS) is 12.9. The molecule has 1 unspecified atom stereocenters. The van der Waals surface area contributed by atoms with Gasteiger partial charge in [-0.15, -0.1) is 11.6 Å². The monoisotopic (exact) mass is 261 g/mol. The van der Waals surface area contributed by atoms with Gasteiger partial charge in [-0.05, 0) is 32.7 Å². The molecule has 0 saturated carbocycles. The molecule has 0 aromatic carbocycles. The second-order valence-corrected chi connectivity index (χ2v) is 5.54. The predicted octanol–water partition coefficient (Wildman–Crippen LogP) is 5.12. The predicted molar refractivity (Wildman–Crippen MR) is 80.0 cm³/mol. The van der Waals surface area contributed by atoms with E-state index in [2.05, 4.69) is 19.2 Å². The standard InChI is InChI=1S/C15H32ClN/c1-3-4-5-6-7-8-9-10-14-17-15(2)12-11-13-16/h15,17H,3-14H2,1-2H3. The second-order valence-electron chi connectivity index (χ2n) is 5.16. The highest BCUT2D eigenvalue weighted by Crippen LogP contribution is 2.08. The molecule has 0 aromatic rings. The number of unbranched alkanes of at least 4 members (excludes halogenated alkanes) is 7. The van der Waals surface area contributed by atoms with E-state index in [-0.39, 0.29) is 0 Å². The van der Waals surface area contributed by atoms with Crippen molar-refractivity contribution in [1.29, 1.82) is 0 Å². The van der Waals surface area contributed by atoms with E-state index >= 15 is 0 Å². The van der Waals surface area contributed by atoms with Crippen molar-refractivity contribution in [2.45, 2.75) is 84.1 Å². The summed E-state index contributed by atoms with van der Waals surface area (Å²) in [7, 11) is 0. The fourth-order valence-corrected chi connectivity index (χ4v) is 2.25. The van der Waals surface area contributed by atoms with Crippen LogP contribution in [-0.2, 0) is 0 Å². The summed E-state index contributed by atoms with van der Waals surface area (Å²) in [6.07, 6.45) is 13.6. The van der Waals surface area contributed by atoms with Crippen molar-refractivity contribution >= 4 is 11.6 Å². The van der Waals surface area contributed by atoms with Gasteiger partial charge in [0.05, 0.1) is 0 Å². The minimum absolute atomic E-state index is 0.637. The van der Waals surface area contributed by atoms with Crippen LogP contribution in [-0.4, -0.2) is 18.5 Å². The molecule has 0 aliphatic rings. The van der Waals surface area contributed by atoms with Crippen molar-refractivity contribution in [3.63, 3.8) is 0 Å². The average molecular weight is 262 g/mol. The van der Waals surface area contributed by atoms with Gasteiger partial charge in [-0.3, -0.25) is 0 Å². The molecule has 0 heterocycles. The highest BCUT2D eigenvalue weighted by atomic mass is 35.5. The van der Waals surface area contributed by atoms with Gasteiger partial charge in [-0.25, -0.2) is 0 Å². The lowest BCUT2D eigenvalue weighted by Crippen LogP contribution is -2.26. The number of hydrogen-bond donors (Lipinski definition) is 1. The van der Waals surface area contributed by atoms with Crippen LogP contribution in [0.3, 0.4) is 0 Å². The van der Waals surface area contributed by atoms with E-state index in [0.717, 1.165) is 12.3 Å². The summed E-state index contributed by atoms with van der Waals surface area (Å²) in [6.45, 7) is 5.72. The van der Waals surface area contributed by atoms with E-state index in [1.54, 1.807) is 0 Å². The zero-order valence-electron chi connectivity index (χ0n) is 11.9. The molecule has 0 bridgehead atoms. The molecule has 0 saturated heterocycles. The van der Waals surface area contributed by atoms with Gasteiger partial charge in [0, 0.05) is 11.9 Å². The van der Waals surface area contributed by atoms with Crippen molar-refractivity contribution in [1.82, 2.24) is 5.32 Å².